The zero-order valence-electron chi connectivity index (χ0n) is 19.7. The lowest BCUT2D eigenvalue weighted by molar-refractivity contribution is -0.143. The highest BCUT2D eigenvalue weighted by Gasteiger charge is 2.38. The van der Waals surface area contributed by atoms with Gasteiger partial charge in [-0.1, -0.05) is 43.3 Å². The summed E-state index contributed by atoms with van der Waals surface area (Å²) in [5.74, 6) is -1.51. The molecule has 2 aromatic carbocycles. The third kappa shape index (κ3) is 7.44. The van der Waals surface area contributed by atoms with Gasteiger partial charge < -0.3 is 9.84 Å². The summed E-state index contributed by atoms with van der Waals surface area (Å²) in [4.78, 5) is 16.2. The number of ether oxygens (including phenoxy) is 1. The number of morpholine rings is 1. The molecule has 7 nitrogen and oxygen atoms in total. The maximum atomic E-state index is 13.6. The van der Waals surface area contributed by atoms with Crippen LogP contribution in [0.1, 0.15) is 19.4 Å². The maximum Gasteiger partial charge on any atom is 0.322 e. The predicted octanol–water partition coefficient (Wildman–Crippen LogP) is 4.00. The number of aryl methyl sites for hydroxylation is 1. The molecule has 0 bridgehead atoms. The van der Waals surface area contributed by atoms with Gasteiger partial charge in [-0.05, 0) is 49.2 Å². The molecule has 3 rings (SSSR count). The molecule has 1 aliphatic rings. The van der Waals surface area contributed by atoms with Crippen LogP contribution in [0.5, 0.6) is 0 Å². The molecule has 1 heterocycles. The SMILES string of the molecule is Cc1ccc(Sc2ccc(S(=O)(=O)N(CCN3CCOCC3)[C@@H](C(=O)O)C(C)C)cc2)cc1.Cl. The van der Waals surface area contributed by atoms with Gasteiger partial charge in [0.2, 0.25) is 10.0 Å². The highest BCUT2D eigenvalue weighted by molar-refractivity contribution is 7.99. The quantitative estimate of drug-likeness (QED) is 0.498. The van der Waals surface area contributed by atoms with E-state index in [1.807, 2.05) is 31.2 Å². The molecule has 1 aliphatic heterocycles. The molecule has 188 valence electrons. The van der Waals surface area contributed by atoms with Crippen LogP contribution in [-0.4, -0.2) is 74.1 Å². The summed E-state index contributed by atoms with van der Waals surface area (Å²) in [6, 6.07) is 13.6. The van der Waals surface area contributed by atoms with Crippen LogP contribution in [-0.2, 0) is 19.6 Å². The summed E-state index contributed by atoms with van der Waals surface area (Å²) in [6.45, 7) is 8.67. The van der Waals surface area contributed by atoms with Crippen molar-refractivity contribution < 1.29 is 23.1 Å². The van der Waals surface area contributed by atoms with Gasteiger partial charge in [-0.2, -0.15) is 4.31 Å². The number of hydrogen-bond donors (Lipinski definition) is 1. The van der Waals surface area contributed by atoms with E-state index in [1.54, 1.807) is 49.9 Å². The molecule has 1 fully saturated rings. The van der Waals surface area contributed by atoms with Gasteiger partial charge in [0.1, 0.15) is 6.04 Å². The molecule has 10 heteroatoms. The van der Waals surface area contributed by atoms with Crippen molar-refractivity contribution in [3.05, 3.63) is 54.1 Å². The van der Waals surface area contributed by atoms with E-state index in [1.165, 1.54) is 5.56 Å². The Morgan fingerprint density at radius 3 is 2.09 bits per heavy atom. The van der Waals surface area contributed by atoms with E-state index < -0.39 is 22.0 Å². The van der Waals surface area contributed by atoms with Crippen molar-refractivity contribution in [1.82, 2.24) is 9.21 Å². The van der Waals surface area contributed by atoms with E-state index in [-0.39, 0.29) is 29.8 Å². The van der Waals surface area contributed by atoms with Gasteiger partial charge >= 0.3 is 5.97 Å². The number of sulfonamides is 1. The molecule has 0 radical (unpaired) electrons. The van der Waals surface area contributed by atoms with Gasteiger partial charge in [0.05, 0.1) is 18.1 Å². The van der Waals surface area contributed by atoms with Gasteiger partial charge in [-0.15, -0.1) is 12.4 Å². The number of aliphatic carboxylic acids is 1. The summed E-state index contributed by atoms with van der Waals surface area (Å²) >= 11 is 1.55. The summed E-state index contributed by atoms with van der Waals surface area (Å²) in [5.41, 5.74) is 1.18. The first kappa shape index (κ1) is 28.6. The van der Waals surface area contributed by atoms with Crippen LogP contribution in [0.25, 0.3) is 0 Å². The minimum atomic E-state index is -4.00. The largest absolute Gasteiger partial charge is 0.480 e. The summed E-state index contributed by atoms with van der Waals surface area (Å²) < 4.78 is 33.7. The third-order valence-electron chi connectivity index (χ3n) is 5.62. The lowest BCUT2D eigenvalue weighted by Crippen LogP contribution is -2.51. The lowest BCUT2D eigenvalue weighted by Gasteiger charge is -2.33. The number of benzene rings is 2. The Kier molecular flexibility index (Phi) is 10.9. The minimum Gasteiger partial charge on any atom is -0.480 e. The third-order valence-corrected chi connectivity index (χ3v) is 8.53. The summed E-state index contributed by atoms with van der Waals surface area (Å²) in [6.07, 6.45) is 0. The number of carbonyl (C=O) groups is 1. The fraction of sp³-hybridized carbons (Fsp3) is 0.458. The average Bonchev–Trinajstić information content (AvgIpc) is 2.78. The van der Waals surface area contributed by atoms with Crippen LogP contribution in [0.3, 0.4) is 0 Å². The summed E-state index contributed by atoms with van der Waals surface area (Å²) in [5, 5.41) is 9.85. The van der Waals surface area contributed by atoms with Crippen LogP contribution < -0.4 is 0 Å². The number of halogens is 1. The van der Waals surface area contributed by atoms with Crippen LogP contribution in [0, 0.1) is 12.8 Å². The Hall–Kier alpha value is -1.62. The van der Waals surface area contributed by atoms with Crippen molar-refractivity contribution in [1.29, 1.82) is 0 Å². The van der Waals surface area contributed by atoms with Crippen molar-refractivity contribution in [2.45, 2.75) is 41.5 Å². The second kappa shape index (κ2) is 12.9. The van der Waals surface area contributed by atoms with Gasteiger partial charge in [0, 0.05) is 36.0 Å². The normalized spacial score (nSPS) is 15.8. The Morgan fingerprint density at radius 1 is 1.06 bits per heavy atom. The molecular formula is C24H33ClN2O5S2. The van der Waals surface area contributed by atoms with Crippen molar-refractivity contribution in [3.63, 3.8) is 0 Å². The highest BCUT2D eigenvalue weighted by atomic mass is 35.5. The predicted molar refractivity (Wildman–Crippen MR) is 136 cm³/mol. The van der Waals surface area contributed by atoms with Gasteiger partial charge in [0.15, 0.2) is 0 Å². The highest BCUT2D eigenvalue weighted by Crippen LogP contribution is 2.30. The Balaban J connectivity index is 0.00000408. The monoisotopic (exact) mass is 528 g/mol. The topological polar surface area (TPSA) is 87.2 Å². The Morgan fingerprint density at radius 2 is 1.59 bits per heavy atom. The van der Waals surface area contributed by atoms with E-state index in [9.17, 15) is 18.3 Å². The number of nitrogens with zero attached hydrogens (tertiary/aromatic N) is 2. The number of hydrogen-bond acceptors (Lipinski definition) is 6. The maximum absolute atomic E-state index is 13.6. The van der Waals surface area contributed by atoms with Crippen LogP contribution >= 0.6 is 24.2 Å². The van der Waals surface area contributed by atoms with Crippen molar-refractivity contribution in [3.8, 4) is 0 Å². The second-order valence-electron chi connectivity index (χ2n) is 8.48. The fourth-order valence-electron chi connectivity index (χ4n) is 3.77. The molecule has 1 saturated heterocycles. The Bertz CT molecular complexity index is 1020. The molecule has 0 aliphatic carbocycles. The van der Waals surface area contributed by atoms with E-state index in [0.717, 1.165) is 14.1 Å². The number of rotatable bonds is 10. The molecule has 1 atom stereocenters. The molecule has 2 aromatic rings. The molecule has 0 saturated carbocycles. The zero-order chi connectivity index (χ0) is 24.0. The molecule has 1 N–H and O–H groups in total. The van der Waals surface area contributed by atoms with Gasteiger partial charge in [0.25, 0.3) is 0 Å². The minimum absolute atomic E-state index is 0. The average molecular weight is 529 g/mol. The van der Waals surface area contributed by atoms with E-state index in [4.69, 9.17) is 4.74 Å². The molecule has 0 amide bonds. The van der Waals surface area contributed by atoms with Gasteiger partial charge in [-0.3, -0.25) is 9.69 Å². The first-order chi connectivity index (χ1) is 15.7. The van der Waals surface area contributed by atoms with Crippen LogP contribution in [0.15, 0.2) is 63.2 Å². The van der Waals surface area contributed by atoms with Crippen molar-refractivity contribution in [2.24, 2.45) is 5.92 Å². The smallest absolute Gasteiger partial charge is 0.322 e. The van der Waals surface area contributed by atoms with E-state index in [0.29, 0.717) is 32.8 Å². The molecule has 0 aromatic heterocycles. The molecule has 34 heavy (non-hydrogen) atoms. The molecule has 0 unspecified atom stereocenters. The molecule has 0 spiro atoms. The Labute approximate surface area is 212 Å². The van der Waals surface area contributed by atoms with E-state index >= 15 is 0 Å². The van der Waals surface area contributed by atoms with Crippen molar-refractivity contribution >= 4 is 40.2 Å². The fourth-order valence-corrected chi connectivity index (χ4v) is 6.29. The van der Waals surface area contributed by atoms with E-state index in [2.05, 4.69) is 4.90 Å². The standard InChI is InChI=1S/C24H32N2O5S2.ClH/c1-18(2)23(24(27)28)26(13-12-25-14-16-31-17-15-25)33(29,30)22-10-8-21(9-11-22)32-20-6-4-19(3)5-7-20;/h4-11,18,23H,12-17H2,1-3H3,(H,27,28);1H/t23-;/m1./s1. The zero-order valence-corrected chi connectivity index (χ0v) is 22.2. The first-order valence-corrected chi connectivity index (χ1v) is 13.3. The van der Waals surface area contributed by atoms with Crippen LogP contribution in [0.4, 0.5) is 0 Å². The number of carboxylic acid groups (broad SMARTS) is 1. The molecular weight excluding hydrogens is 496 g/mol. The van der Waals surface area contributed by atoms with Gasteiger partial charge in [-0.25, -0.2) is 8.42 Å². The lowest BCUT2D eigenvalue weighted by atomic mass is 10.0. The number of carboxylic acids is 1. The first-order valence-electron chi connectivity index (χ1n) is 11.1. The van der Waals surface area contributed by atoms with Crippen LogP contribution in [0.2, 0.25) is 0 Å². The summed E-state index contributed by atoms with van der Waals surface area (Å²) in [7, 11) is -4.00. The van der Waals surface area contributed by atoms with Crippen molar-refractivity contribution in [2.75, 3.05) is 39.4 Å². The second-order valence-corrected chi connectivity index (χ2v) is 11.5.